The Morgan fingerprint density at radius 1 is 1.60 bits per heavy atom. The molecule has 0 radical (unpaired) electrons. The minimum Gasteiger partial charge on any atom is -0.464 e. The number of rotatable bonds is 4. The van der Waals surface area contributed by atoms with Gasteiger partial charge >= 0.3 is 5.97 Å². The number of nitrogens with zero attached hydrogens (tertiary/aromatic N) is 2. The summed E-state index contributed by atoms with van der Waals surface area (Å²) in [6.07, 6.45) is 0. The minimum absolute atomic E-state index is 0.0138. The maximum Gasteiger partial charge on any atom is 0.344 e. The molecule has 20 heavy (non-hydrogen) atoms. The Bertz CT molecular complexity index is 587. The van der Waals surface area contributed by atoms with Gasteiger partial charge in [-0.3, -0.25) is 15.1 Å². The van der Waals surface area contributed by atoms with Crippen molar-refractivity contribution >= 4 is 29.1 Å². The van der Waals surface area contributed by atoms with Crippen LogP contribution in [0.1, 0.15) is 19.4 Å². The monoisotopic (exact) mass is 294 g/mol. The molecule has 0 fully saturated rings. The van der Waals surface area contributed by atoms with Crippen LogP contribution in [0.5, 0.6) is 0 Å². The third kappa shape index (κ3) is 2.82. The van der Waals surface area contributed by atoms with Crippen LogP contribution in [-0.2, 0) is 9.53 Å². The molecule has 0 bridgehead atoms. The normalized spacial score (nSPS) is 21.4. The van der Waals surface area contributed by atoms with Crippen molar-refractivity contribution in [2.75, 3.05) is 12.4 Å². The van der Waals surface area contributed by atoms with Gasteiger partial charge in [-0.15, -0.1) is 11.8 Å². The molecule has 0 saturated carbocycles. The van der Waals surface area contributed by atoms with E-state index in [1.54, 1.807) is 26.0 Å². The van der Waals surface area contributed by atoms with E-state index in [1.807, 2.05) is 0 Å². The van der Waals surface area contributed by atoms with Gasteiger partial charge in [0.05, 0.1) is 17.2 Å². The average molecular weight is 294 g/mol. The van der Waals surface area contributed by atoms with E-state index >= 15 is 0 Å². The summed E-state index contributed by atoms with van der Waals surface area (Å²) >= 11 is 1.36. The maximum absolute atomic E-state index is 11.9. The lowest BCUT2D eigenvalue weighted by Gasteiger charge is -2.16. The van der Waals surface area contributed by atoms with E-state index < -0.39 is 9.79 Å². The number of thioether (sulfide) groups is 1. The van der Waals surface area contributed by atoms with Crippen LogP contribution < -0.4 is 0 Å². The highest BCUT2D eigenvalue weighted by Gasteiger charge is 2.40. The van der Waals surface area contributed by atoms with Crippen LogP contribution >= 0.6 is 11.8 Å². The van der Waals surface area contributed by atoms with Crippen molar-refractivity contribution in [3.05, 3.63) is 39.9 Å². The van der Waals surface area contributed by atoms with Crippen molar-refractivity contribution in [2.45, 2.75) is 18.7 Å². The zero-order valence-electron chi connectivity index (χ0n) is 11.2. The zero-order valence-corrected chi connectivity index (χ0v) is 12.0. The molecule has 1 atom stereocenters. The molecule has 0 aromatic heterocycles. The number of nitro groups is 1. The van der Waals surface area contributed by atoms with E-state index in [0.29, 0.717) is 23.6 Å². The summed E-state index contributed by atoms with van der Waals surface area (Å²) < 4.78 is 5.00. The SMILES string of the molecule is CCOC(=O)C1(C)N=C(c2cccc([N+](=O)[O-])c2)CS1. The minimum atomic E-state index is -0.962. The Morgan fingerprint density at radius 2 is 2.35 bits per heavy atom. The number of carbonyl (C=O) groups is 1. The number of carbonyl (C=O) groups excluding carboxylic acids is 1. The predicted octanol–water partition coefficient (Wildman–Crippen LogP) is 2.41. The molecule has 2 rings (SSSR count). The standard InChI is InChI=1S/C13H14N2O4S/c1-3-19-12(16)13(2)14-11(8-20-13)9-5-4-6-10(7-9)15(17)18/h4-7H,3,8H2,1-2H3. The maximum atomic E-state index is 11.9. The van der Waals surface area contributed by atoms with Crippen LogP contribution in [0.15, 0.2) is 29.3 Å². The molecule has 1 aliphatic rings. The van der Waals surface area contributed by atoms with Crippen LogP contribution in [0, 0.1) is 10.1 Å². The number of non-ortho nitro benzene ring substituents is 1. The van der Waals surface area contributed by atoms with Gasteiger partial charge in [0, 0.05) is 23.4 Å². The van der Waals surface area contributed by atoms with Crippen LogP contribution in [0.3, 0.4) is 0 Å². The molecule has 0 amide bonds. The molecule has 1 aromatic carbocycles. The quantitative estimate of drug-likeness (QED) is 0.484. The summed E-state index contributed by atoms with van der Waals surface area (Å²) in [5, 5.41) is 10.8. The lowest BCUT2D eigenvalue weighted by molar-refractivity contribution is -0.384. The number of ether oxygens (including phenoxy) is 1. The summed E-state index contributed by atoms with van der Waals surface area (Å²) in [6, 6.07) is 6.26. The molecule has 6 nitrogen and oxygen atoms in total. The van der Waals surface area contributed by atoms with E-state index in [2.05, 4.69) is 4.99 Å². The zero-order chi connectivity index (χ0) is 14.8. The van der Waals surface area contributed by atoms with Gasteiger partial charge in [-0.1, -0.05) is 12.1 Å². The van der Waals surface area contributed by atoms with Crippen LogP contribution in [0.4, 0.5) is 5.69 Å². The van der Waals surface area contributed by atoms with Gasteiger partial charge < -0.3 is 4.74 Å². The van der Waals surface area contributed by atoms with E-state index in [1.165, 1.54) is 23.9 Å². The van der Waals surface area contributed by atoms with Gasteiger partial charge in [0.1, 0.15) is 0 Å². The van der Waals surface area contributed by atoms with Gasteiger partial charge in [-0.25, -0.2) is 4.79 Å². The molecule has 1 aliphatic heterocycles. The second-order valence-corrected chi connectivity index (χ2v) is 5.73. The molecular formula is C13H14N2O4S. The summed E-state index contributed by atoms with van der Waals surface area (Å²) in [5.74, 6) is 0.140. The number of nitro benzene ring substituents is 1. The average Bonchev–Trinajstić information content (AvgIpc) is 2.83. The van der Waals surface area contributed by atoms with Gasteiger partial charge in [0.2, 0.25) is 4.87 Å². The number of aliphatic imine (C=N–C) groups is 1. The first-order valence-corrected chi connectivity index (χ1v) is 7.09. The van der Waals surface area contributed by atoms with E-state index in [9.17, 15) is 14.9 Å². The number of hydrogen-bond acceptors (Lipinski definition) is 6. The first kappa shape index (κ1) is 14.5. The third-order valence-electron chi connectivity index (χ3n) is 2.88. The highest BCUT2D eigenvalue weighted by atomic mass is 32.2. The predicted molar refractivity (Wildman–Crippen MR) is 77.1 cm³/mol. The largest absolute Gasteiger partial charge is 0.464 e. The molecule has 0 aliphatic carbocycles. The van der Waals surface area contributed by atoms with Crippen molar-refractivity contribution in [3.8, 4) is 0 Å². The number of hydrogen-bond donors (Lipinski definition) is 0. The Balaban J connectivity index is 2.28. The van der Waals surface area contributed by atoms with Crippen LogP contribution in [0.2, 0.25) is 0 Å². The highest BCUT2D eigenvalue weighted by Crippen LogP contribution is 2.35. The van der Waals surface area contributed by atoms with Crippen molar-refractivity contribution in [2.24, 2.45) is 4.99 Å². The summed E-state index contributed by atoms with van der Waals surface area (Å²) in [4.78, 5) is 25.6. The van der Waals surface area contributed by atoms with Crippen LogP contribution in [0.25, 0.3) is 0 Å². The Kier molecular flexibility index (Phi) is 4.08. The fraction of sp³-hybridized carbons (Fsp3) is 0.385. The van der Waals surface area contributed by atoms with Gasteiger partial charge in [-0.05, 0) is 13.8 Å². The van der Waals surface area contributed by atoms with Crippen molar-refractivity contribution in [1.29, 1.82) is 0 Å². The molecule has 0 saturated heterocycles. The second kappa shape index (κ2) is 5.62. The van der Waals surface area contributed by atoms with Crippen molar-refractivity contribution in [3.63, 3.8) is 0 Å². The summed E-state index contributed by atoms with van der Waals surface area (Å²) in [6.45, 7) is 3.74. The van der Waals surface area contributed by atoms with Gasteiger partial charge in [-0.2, -0.15) is 0 Å². The van der Waals surface area contributed by atoms with Crippen molar-refractivity contribution in [1.82, 2.24) is 0 Å². The molecule has 0 N–H and O–H groups in total. The van der Waals surface area contributed by atoms with Crippen LogP contribution in [-0.4, -0.2) is 33.8 Å². The fourth-order valence-corrected chi connectivity index (χ4v) is 2.85. The topological polar surface area (TPSA) is 81.8 Å². The lowest BCUT2D eigenvalue weighted by atomic mass is 10.1. The van der Waals surface area contributed by atoms with Crippen molar-refractivity contribution < 1.29 is 14.5 Å². The Morgan fingerprint density at radius 3 is 3.00 bits per heavy atom. The first-order valence-electron chi connectivity index (χ1n) is 6.11. The fourth-order valence-electron chi connectivity index (χ4n) is 1.85. The van der Waals surface area contributed by atoms with Gasteiger partial charge in [0.15, 0.2) is 0 Å². The molecule has 0 spiro atoms. The first-order chi connectivity index (χ1) is 9.46. The summed E-state index contributed by atoms with van der Waals surface area (Å²) in [7, 11) is 0. The smallest absolute Gasteiger partial charge is 0.344 e. The molecule has 106 valence electrons. The van der Waals surface area contributed by atoms with E-state index in [4.69, 9.17) is 4.74 Å². The molecule has 1 unspecified atom stereocenters. The van der Waals surface area contributed by atoms with Gasteiger partial charge in [0.25, 0.3) is 5.69 Å². The lowest BCUT2D eigenvalue weighted by Crippen LogP contribution is -2.29. The van der Waals surface area contributed by atoms with E-state index in [-0.39, 0.29) is 11.7 Å². The molecule has 1 heterocycles. The Labute approximate surface area is 120 Å². The highest BCUT2D eigenvalue weighted by molar-refractivity contribution is 8.02. The number of esters is 1. The second-order valence-electron chi connectivity index (χ2n) is 4.36. The molecular weight excluding hydrogens is 280 g/mol. The molecule has 1 aromatic rings. The number of benzene rings is 1. The summed E-state index contributed by atoms with van der Waals surface area (Å²) in [5.41, 5.74) is 1.36. The molecule has 7 heteroatoms. The third-order valence-corrected chi connectivity index (χ3v) is 4.12. The Hall–Kier alpha value is -1.89. The van der Waals surface area contributed by atoms with E-state index in [0.717, 1.165) is 0 Å².